The maximum Gasteiger partial charge on any atom is 0.0996 e. The first-order valence-electron chi connectivity index (χ1n) is 2.28. The highest BCUT2D eigenvalue weighted by Gasteiger charge is 1.80. The second-order valence-corrected chi connectivity index (χ2v) is 1.20. The van der Waals surface area contributed by atoms with Gasteiger partial charge in [0, 0.05) is 0 Å². The predicted octanol–water partition coefficient (Wildman–Crippen LogP) is 2.44. The number of hydrogen-bond donors (Lipinski definition) is 0. The van der Waals surface area contributed by atoms with Gasteiger partial charge < -0.3 is 0 Å². The van der Waals surface area contributed by atoms with Crippen LogP contribution in [0.2, 0.25) is 0 Å². The van der Waals surface area contributed by atoms with Gasteiger partial charge in [-0.05, 0) is 12.5 Å². The maximum atomic E-state index is 11.9. The predicted molar refractivity (Wildman–Crippen MR) is 29.7 cm³/mol. The van der Waals surface area contributed by atoms with Crippen molar-refractivity contribution in [3.63, 3.8) is 0 Å². The first-order chi connectivity index (χ1) is 3.31. The van der Waals surface area contributed by atoms with Gasteiger partial charge in [0.25, 0.3) is 0 Å². The van der Waals surface area contributed by atoms with E-state index in [0.29, 0.717) is 6.42 Å². The molecule has 0 unspecified atom stereocenters. The molecule has 0 aliphatic carbocycles. The lowest BCUT2D eigenvalue weighted by atomic mass is 10.4. The minimum Gasteiger partial charge on any atom is -0.212 e. The smallest absolute Gasteiger partial charge is 0.0996 e. The van der Waals surface area contributed by atoms with Crippen LogP contribution in [0.1, 0.15) is 13.3 Å². The molecule has 0 fully saturated rings. The lowest BCUT2D eigenvalue weighted by Gasteiger charge is -1.80. The van der Waals surface area contributed by atoms with Crippen molar-refractivity contribution in [2.75, 3.05) is 0 Å². The van der Waals surface area contributed by atoms with Gasteiger partial charge in [-0.1, -0.05) is 19.6 Å². The Labute approximate surface area is 43.4 Å². The van der Waals surface area contributed by atoms with E-state index >= 15 is 0 Å². The molecular formula is C6H9F. The summed E-state index contributed by atoms with van der Waals surface area (Å²) in [6.45, 7) is 5.09. The zero-order valence-electron chi connectivity index (χ0n) is 4.45. The van der Waals surface area contributed by atoms with E-state index in [0.717, 1.165) is 0 Å². The summed E-state index contributed by atoms with van der Waals surface area (Å²) < 4.78 is 11.9. The Morgan fingerprint density at radius 2 is 2.43 bits per heavy atom. The molecule has 0 bridgehead atoms. The SMILES string of the molecule is C=C/C=C(/F)CC. The molecule has 0 amide bonds. The average Bonchev–Trinajstić information content (AvgIpc) is 1.68. The van der Waals surface area contributed by atoms with Crippen molar-refractivity contribution in [2.45, 2.75) is 13.3 Å². The molecule has 0 heterocycles. The molecule has 0 N–H and O–H groups in total. The molecule has 1 heteroatoms. The van der Waals surface area contributed by atoms with Crippen LogP contribution in [-0.2, 0) is 0 Å². The molecular weight excluding hydrogens is 91.1 g/mol. The standard InChI is InChI=1S/C6H9F/c1-3-5-6(7)4-2/h3,5H,1,4H2,2H3/b6-5+. The Hall–Kier alpha value is -0.590. The molecule has 0 spiro atoms. The summed E-state index contributed by atoms with van der Waals surface area (Å²) in [5, 5.41) is 0. The molecule has 0 aromatic carbocycles. The fourth-order valence-corrected chi connectivity index (χ4v) is 0.246. The number of rotatable bonds is 2. The minimum absolute atomic E-state index is 0.116. The quantitative estimate of drug-likeness (QED) is 0.467. The van der Waals surface area contributed by atoms with Gasteiger partial charge in [0.2, 0.25) is 0 Å². The van der Waals surface area contributed by atoms with Gasteiger partial charge in [-0.2, -0.15) is 0 Å². The molecule has 0 atom stereocenters. The van der Waals surface area contributed by atoms with Crippen molar-refractivity contribution in [1.29, 1.82) is 0 Å². The fraction of sp³-hybridized carbons (Fsp3) is 0.333. The summed E-state index contributed by atoms with van der Waals surface area (Å²) in [4.78, 5) is 0. The van der Waals surface area contributed by atoms with Crippen molar-refractivity contribution in [3.05, 3.63) is 24.6 Å². The van der Waals surface area contributed by atoms with Crippen LogP contribution >= 0.6 is 0 Å². The van der Waals surface area contributed by atoms with E-state index in [1.807, 2.05) is 0 Å². The monoisotopic (exact) mass is 100 g/mol. The third-order valence-electron chi connectivity index (χ3n) is 0.636. The van der Waals surface area contributed by atoms with Crippen molar-refractivity contribution in [2.24, 2.45) is 0 Å². The topological polar surface area (TPSA) is 0 Å². The lowest BCUT2D eigenvalue weighted by Crippen LogP contribution is -1.62. The van der Waals surface area contributed by atoms with Gasteiger partial charge in [0.15, 0.2) is 0 Å². The first-order valence-corrected chi connectivity index (χ1v) is 2.28. The van der Waals surface area contributed by atoms with Crippen molar-refractivity contribution < 1.29 is 4.39 Å². The van der Waals surface area contributed by atoms with E-state index in [2.05, 4.69) is 6.58 Å². The van der Waals surface area contributed by atoms with Gasteiger partial charge >= 0.3 is 0 Å². The fourth-order valence-electron chi connectivity index (χ4n) is 0.246. The summed E-state index contributed by atoms with van der Waals surface area (Å²) in [5.41, 5.74) is 0. The molecule has 0 aromatic heterocycles. The van der Waals surface area contributed by atoms with Gasteiger partial charge in [0.05, 0.1) is 5.83 Å². The Bertz CT molecular complexity index is 82.2. The van der Waals surface area contributed by atoms with Crippen LogP contribution in [0, 0.1) is 0 Å². The van der Waals surface area contributed by atoms with Crippen LogP contribution in [0.4, 0.5) is 4.39 Å². The van der Waals surface area contributed by atoms with Crippen LogP contribution in [-0.4, -0.2) is 0 Å². The zero-order valence-corrected chi connectivity index (χ0v) is 4.45. The Balaban J connectivity index is 3.49. The minimum atomic E-state index is -0.116. The third kappa shape index (κ3) is 3.23. The van der Waals surface area contributed by atoms with E-state index < -0.39 is 0 Å². The number of allylic oxidation sites excluding steroid dienone is 3. The Kier molecular flexibility index (Phi) is 3.29. The van der Waals surface area contributed by atoms with E-state index in [1.165, 1.54) is 12.2 Å². The van der Waals surface area contributed by atoms with Gasteiger partial charge in [-0.25, -0.2) is 4.39 Å². The maximum absolute atomic E-state index is 11.9. The van der Waals surface area contributed by atoms with Crippen LogP contribution < -0.4 is 0 Å². The molecule has 0 aromatic rings. The van der Waals surface area contributed by atoms with Crippen LogP contribution in [0.25, 0.3) is 0 Å². The van der Waals surface area contributed by atoms with E-state index in [-0.39, 0.29) is 5.83 Å². The molecule has 0 radical (unpaired) electrons. The van der Waals surface area contributed by atoms with Gasteiger partial charge in [-0.15, -0.1) is 0 Å². The van der Waals surface area contributed by atoms with Crippen molar-refractivity contribution >= 4 is 0 Å². The van der Waals surface area contributed by atoms with E-state index in [1.54, 1.807) is 6.92 Å². The molecule has 0 aliphatic rings. The molecule has 0 aliphatic heterocycles. The summed E-state index contributed by atoms with van der Waals surface area (Å²) in [6.07, 6.45) is 3.27. The van der Waals surface area contributed by atoms with Crippen LogP contribution in [0.3, 0.4) is 0 Å². The first kappa shape index (κ1) is 6.41. The van der Waals surface area contributed by atoms with Crippen molar-refractivity contribution in [1.82, 2.24) is 0 Å². The summed E-state index contributed by atoms with van der Waals surface area (Å²) >= 11 is 0. The highest BCUT2D eigenvalue weighted by atomic mass is 19.1. The largest absolute Gasteiger partial charge is 0.212 e. The normalized spacial score (nSPS) is 11.4. The van der Waals surface area contributed by atoms with Crippen LogP contribution in [0.15, 0.2) is 24.6 Å². The molecule has 0 nitrogen and oxygen atoms in total. The highest BCUT2D eigenvalue weighted by molar-refractivity contribution is 5.02. The van der Waals surface area contributed by atoms with Crippen molar-refractivity contribution in [3.8, 4) is 0 Å². The second kappa shape index (κ2) is 3.59. The summed E-state index contributed by atoms with van der Waals surface area (Å²) in [7, 11) is 0. The molecule has 0 saturated heterocycles. The number of halogens is 1. The van der Waals surface area contributed by atoms with E-state index in [4.69, 9.17) is 0 Å². The molecule has 0 saturated carbocycles. The number of hydrogen-bond acceptors (Lipinski definition) is 0. The zero-order chi connectivity index (χ0) is 5.70. The summed E-state index contributed by atoms with van der Waals surface area (Å²) in [5.74, 6) is -0.116. The molecule has 40 valence electrons. The summed E-state index contributed by atoms with van der Waals surface area (Å²) in [6, 6.07) is 0. The van der Waals surface area contributed by atoms with Crippen LogP contribution in [0.5, 0.6) is 0 Å². The third-order valence-corrected chi connectivity index (χ3v) is 0.636. The van der Waals surface area contributed by atoms with E-state index in [9.17, 15) is 4.39 Å². The Morgan fingerprint density at radius 1 is 1.86 bits per heavy atom. The Morgan fingerprint density at radius 3 is 2.57 bits per heavy atom. The second-order valence-electron chi connectivity index (χ2n) is 1.20. The van der Waals surface area contributed by atoms with Gasteiger partial charge in [0.1, 0.15) is 0 Å². The average molecular weight is 100 g/mol. The van der Waals surface area contributed by atoms with Gasteiger partial charge in [-0.3, -0.25) is 0 Å². The molecule has 0 rings (SSSR count). The molecule has 7 heavy (non-hydrogen) atoms. The highest BCUT2D eigenvalue weighted by Crippen LogP contribution is 1.99. The lowest BCUT2D eigenvalue weighted by molar-refractivity contribution is 0.605.